The molecule has 1 aromatic carbocycles. The Balaban J connectivity index is 2.34. The molecule has 0 amide bonds. The molecule has 6 heteroatoms. The zero-order chi connectivity index (χ0) is 15.9. The first kappa shape index (κ1) is 17.0. The number of nitrogens with one attached hydrogen (secondary N) is 1. The zero-order valence-corrected chi connectivity index (χ0v) is 14.6. The molecule has 0 unspecified atom stereocenters. The summed E-state index contributed by atoms with van der Waals surface area (Å²) in [5, 5.41) is 9.95. The summed E-state index contributed by atoms with van der Waals surface area (Å²) in [6.45, 7) is 3.93. The summed E-state index contributed by atoms with van der Waals surface area (Å²) in [5.74, 6) is 2.05. The largest absolute Gasteiger partial charge is 0.357 e. The van der Waals surface area contributed by atoms with Crippen molar-refractivity contribution in [2.75, 3.05) is 26.4 Å². The van der Waals surface area contributed by atoms with Crippen LogP contribution in [-0.2, 0) is 6.54 Å². The molecule has 0 aliphatic heterocycles. The molecule has 4 N–H and O–H groups in total. The van der Waals surface area contributed by atoms with Crippen LogP contribution in [0.5, 0.6) is 0 Å². The van der Waals surface area contributed by atoms with Crippen LogP contribution in [0.25, 0.3) is 0 Å². The van der Waals surface area contributed by atoms with E-state index < -0.39 is 0 Å². The van der Waals surface area contributed by atoms with E-state index in [1.54, 1.807) is 11.8 Å². The van der Waals surface area contributed by atoms with Crippen LogP contribution < -0.4 is 10.6 Å². The minimum Gasteiger partial charge on any atom is -0.357 e. The number of thioether (sulfide) groups is 1. The molecular weight excluding hydrogens is 294 g/mol. The third-order valence-corrected chi connectivity index (χ3v) is 4.77. The number of aromatic nitrogens is 3. The van der Waals surface area contributed by atoms with Crippen LogP contribution in [0.2, 0.25) is 0 Å². The second kappa shape index (κ2) is 8.31. The number of benzene rings is 1. The van der Waals surface area contributed by atoms with E-state index in [1.165, 1.54) is 10.5 Å². The van der Waals surface area contributed by atoms with Crippen molar-refractivity contribution in [3.63, 3.8) is 0 Å². The molecule has 0 fully saturated rings. The van der Waals surface area contributed by atoms with Gasteiger partial charge in [-0.3, -0.25) is 4.57 Å². The quantitative estimate of drug-likeness (QED) is 0.686. The molecule has 0 bridgehead atoms. The fourth-order valence-corrected chi connectivity index (χ4v) is 3.33. The van der Waals surface area contributed by atoms with Crippen LogP contribution >= 0.6 is 11.8 Å². The van der Waals surface area contributed by atoms with E-state index in [1.807, 2.05) is 6.07 Å². The van der Waals surface area contributed by atoms with Crippen molar-refractivity contribution in [1.29, 1.82) is 0 Å². The van der Waals surface area contributed by atoms with Gasteiger partial charge in [-0.15, -0.1) is 10.2 Å². The number of rotatable bonds is 8. The van der Waals surface area contributed by atoms with E-state index >= 15 is 0 Å². The van der Waals surface area contributed by atoms with Gasteiger partial charge in [0, 0.05) is 6.42 Å². The topological polar surface area (TPSA) is 62.8 Å². The lowest BCUT2D eigenvalue weighted by atomic mass is 10.2. The fraction of sp³-hybridized carbons (Fsp3) is 0.500. The lowest BCUT2D eigenvalue weighted by Gasteiger charge is -2.20. The highest BCUT2D eigenvalue weighted by atomic mass is 32.2. The number of hydrogen-bond donors (Lipinski definition) is 2. The van der Waals surface area contributed by atoms with Crippen molar-refractivity contribution in [3.05, 3.63) is 41.7 Å². The maximum atomic E-state index is 4.51. The molecular formula is C16H27N5S+2. The first-order chi connectivity index (χ1) is 10.7. The van der Waals surface area contributed by atoms with Crippen LogP contribution in [0.3, 0.4) is 0 Å². The molecule has 120 valence electrons. The van der Waals surface area contributed by atoms with Crippen LogP contribution in [0, 0.1) is 0 Å². The van der Waals surface area contributed by atoms with Crippen LogP contribution in [0.4, 0.5) is 0 Å². The minimum absolute atomic E-state index is 0.366. The summed E-state index contributed by atoms with van der Waals surface area (Å²) in [6.07, 6.45) is 1.05. The lowest BCUT2D eigenvalue weighted by molar-refractivity contribution is -0.893. The van der Waals surface area contributed by atoms with Gasteiger partial charge in [0.2, 0.25) is 0 Å². The molecule has 2 aromatic rings. The van der Waals surface area contributed by atoms with E-state index in [4.69, 9.17) is 0 Å². The Morgan fingerprint density at radius 3 is 2.55 bits per heavy atom. The van der Waals surface area contributed by atoms with E-state index in [0.717, 1.165) is 36.2 Å². The second-order valence-electron chi connectivity index (χ2n) is 5.65. The molecule has 2 rings (SSSR count). The highest BCUT2D eigenvalue weighted by molar-refractivity contribution is 7.99. The predicted molar refractivity (Wildman–Crippen MR) is 89.9 cm³/mol. The van der Waals surface area contributed by atoms with Crippen molar-refractivity contribution >= 4 is 11.8 Å². The van der Waals surface area contributed by atoms with Gasteiger partial charge in [0.25, 0.3) is 0 Å². The third-order valence-electron chi connectivity index (χ3n) is 3.72. The summed E-state index contributed by atoms with van der Waals surface area (Å²) in [7, 11) is 4.36. The molecule has 1 heterocycles. The maximum absolute atomic E-state index is 4.51. The molecule has 5 nitrogen and oxygen atoms in total. The van der Waals surface area contributed by atoms with Crippen LogP contribution in [-0.4, -0.2) is 41.2 Å². The highest BCUT2D eigenvalue weighted by Gasteiger charge is 2.24. The maximum Gasteiger partial charge on any atom is 0.192 e. The minimum atomic E-state index is 0.366. The van der Waals surface area contributed by atoms with Gasteiger partial charge in [-0.2, -0.15) is 0 Å². The zero-order valence-electron chi connectivity index (χ0n) is 13.7. The van der Waals surface area contributed by atoms with Gasteiger partial charge in [0.1, 0.15) is 6.04 Å². The number of nitrogens with zero attached hydrogens (tertiary/aromatic N) is 3. The molecule has 0 aliphatic rings. The van der Waals surface area contributed by atoms with Gasteiger partial charge in [-0.1, -0.05) is 49.0 Å². The van der Waals surface area contributed by atoms with E-state index in [0.29, 0.717) is 6.04 Å². The van der Waals surface area contributed by atoms with Gasteiger partial charge in [0.05, 0.1) is 32.9 Å². The second-order valence-corrected chi connectivity index (χ2v) is 6.71. The predicted octanol–water partition coefficient (Wildman–Crippen LogP) is 0.256. The summed E-state index contributed by atoms with van der Waals surface area (Å²) in [5.41, 5.74) is 5.20. The Morgan fingerprint density at radius 2 is 1.95 bits per heavy atom. The Hall–Kier alpha value is -1.37. The first-order valence-corrected chi connectivity index (χ1v) is 8.85. The van der Waals surface area contributed by atoms with Crippen LogP contribution in [0.15, 0.2) is 35.5 Å². The Morgan fingerprint density at radius 1 is 1.23 bits per heavy atom. The summed E-state index contributed by atoms with van der Waals surface area (Å²) in [4.78, 5) is 1.39. The van der Waals surface area contributed by atoms with Crippen molar-refractivity contribution < 1.29 is 10.6 Å². The molecule has 0 aliphatic carbocycles. The van der Waals surface area contributed by atoms with Gasteiger partial charge in [-0.25, -0.2) is 0 Å². The van der Waals surface area contributed by atoms with Crippen molar-refractivity contribution in [3.8, 4) is 0 Å². The van der Waals surface area contributed by atoms with Gasteiger partial charge < -0.3 is 10.6 Å². The molecule has 0 saturated heterocycles. The van der Waals surface area contributed by atoms with E-state index in [2.05, 4.69) is 65.8 Å². The van der Waals surface area contributed by atoms with Crippen molar-refractivity contribution in [2.24, 2.45) is 0 Å². The van der Waals surface area contributed by atoms with E-state index in [9.17, 15) is 0 Å². The summed E-state index contributed by atoms with van der Waals surface area (Å²) >= 11 is 1.74. The summed E-state index contributed by atoms with van der Waals surface area (Å²) in [6, 6.07) is 10.9. The number of hydrogen-bond acceptors (Lipinski definition) is 3. The molecule has 0 radical (unpaired) electrons. The molecule has 0 spiro atoms. The third kappa shape index (κ3) is 4.09. The van der Waals surface area contributed by atoms with Crippen molar-refractivity contribution in [2.45, 2.75) is 31.1 Å². The SMILES string of the molecule is CC[C@@H](c1nnc(SCC[NH3+])n1Cc1ccccc1)[NH+](C)C. The Labute approximate surface area is 136 Å². The normalized spacial score (nSPS) is 12.8. The lowest BCUT2D eigenvalue weighted by Crippen LogP contribution is -3.06. The molecule has 1 aromatic heterocycles. The molecule has 1 atom stereocenters. The monoisotopic (exact) mass is 321 g/mol. The molecule has 22 heavy (non-hydrogen) atoms. The van der Waals surface area contributed by atoms with Gasteiger partial charge in [0.15, 0.2) is 11.0 Å². The van der Waals surface area contributed by atoms with E-state index in [-0.39, 0.29) is 0 Å². The molecule has 0 saturated carbocycles. The van der Waals surface area contributed by atoms with Crippen molar-refractivity contribution in [1.82, 2.24) is 14.8 Å². The smallest absolute Gasteiger partial charge is 0.192 e. The fourth-order valence-electron chi connectivity index (χ4n) is 2.59. The number of quaternary nitrogens is 2. The van der Waals surface area contributed by atoms with Crippen LogP contribution in [0.1, 0.15) is 30.8 Å². The average molecular weight is 321 g/mol. The average Bonchev–Trinajstić information content (AvgIpc) is 2.89. The first-order valence-electron chi connectivity index (χ1n) is 7.86. The Kier molecular flexibility index (Phi) is 6.42. The standard InChI is InChI=1S/C16H25N5S/c1-4-14(20(2)3)15-18-19-16(22-11-10-17)21(15)12-13-8-6-5-7-9-13/h5-9,14H,4,10-12,17H2,1-3H3/p+2/t14-/m0/s1. The van der Waals surface area contributed by atoms with Gasteiger partial charge in [-0.05, 0) is 5.56 Å². The highest BCUT2D eigenvalue weighted by Crippen LogP contribution is 2.21. The summed E-state index contributed by atoms with van der Waals surface area (Å²) < 4.78 is 2.27. The van der Waals surface area contributed by atoms with Gasteiger partial charge >= 0.3 is 0 Å². The Bertz CT molecular complexity index is 567.